The molecule has 0 heteroatoms. The second-order valence-corrected chi connectivity index (χ2v) is 4.78. The number of hydrogen-bond donors (Lipinski definition) is 0. The van der Waals surface area contributed by atoms with Crippen molar-refractivity contribution in [3.63, 3.8) is 0 Å². The third kappa shape index (κ3) is 116. The second kappa shape index (κ2) is 58.6. The number of rotatable bonds is 4. The summed E-state index contributed by atoms with van der Waals surface area (Å²) in [7, 11) is 0. The lowest BCUT2D eigenvalue weighted by atomic mass is 10.1. The minimum atomic E-state index is 0.833. The fourth-order valence-corrected chi connectivity index (χ4v) is 0.846. The molecule has 0 radical (unpaired) electrons. The van der Waals surface area contributed by atoms with Gasteiger partial charge in [-0.05, 0) is 25.7 Å². The van der Waals surface area contributed by atoms with Gasteiger partial charge in [0.15, 0.2) is 0 Å². The van der Waals surface area contributed by atoms with Gasteiger partial charge in [-0.1, -0.05) is 121 Å². The first-order chi connectivity index (χ1) is 10.5. The van der Waals surface area contributed by atoms with Gasteiger partial charge >= 0.3 is 0 Å². The molecule has 0 heterocycles. The summed E-state index contributed by atoms with van der Waals surface area (Å²) in [4.78, 5) is 0. The molecule has 0 saturated heterocycles. The molecule has 0 saturated carbocycles. The molecule has 0 bridgehead atoms. The molecule has 22 heavy (non-hydrogen) atoms. The molecule has 0 fully saturated rings. The summed E-state index contributed by atoms with van der Waals surface area (Å²) >= 11 is 0. The van der Waals surface area contributed by atoms with Gasteiger partial charge in [0.05, 0.1) is 0 Å². The van der Waals surface area contributed by atoms with Crippen LogP contribution in [0.25, 0.3) is 0 Å². The van der Waals surface area contributed by atoms with Crippen LogP contribution in [0.5, 0.6) is 0 Å². The van der Waals surface area contributed by atoms with E-state index in [2.05, 4.69) is 61.5 Å². The van der Waals surface area contributed by atoms with E-state index in [4.69, 9.17) is 0 Å². The average Bonchev–Trinajstić information content (AvgIpc) is 2.58. The Kier molecular flexibility index (Phi) is 101. The highest BCUT2D eigenvalue weighted by molar-refractivity contribution is 4.98. The van der Waals surface area contributed by atoms with E-state index < -0.39 is 0 Å². The minimum Gasteiger partial charge on any atom is -0.0885 e. The third-order valence-electron chi connectivity index (χ3n) is 1.93. The lowest BCUT2D eigenvalue weighted by molar-refractivity contribution is 0.737. The smallest absolute Gasteiger partial charge is 0.0323 e. The minimum absolute atomic E-state index is 0.833. The maximum atomic E-state index is 2.23. The molecule has 0 aromatic heterocycles. The fraction of sp³-hybridized carbons (Fsp3) is 0.909. The van der Waals surface area contributed by atoms with E-state index in [0.29, 0.717) is 0 Å². The molecule has 0 aliphatic heterocycles. The van der Waals surface area contributed by atoms with Crippen molar-refractivity contribution in [2.75, 3.05) is 0 Å². The second-order valence-electron chi connectivity index (χ2n) is 4.78. The Bertz CT molecular complexity index is 115. The number of hydrogen-bond acceptors (Lipinski definition) is 0. The molecule has 0 amide bonds. The molecule has 0 aliphatic carbocycles. The van der Waals surface area contributed by atoms with E-state index >= 15 is 0 Å². The van der Waals surface area contributed by atoms with Crippen LogP contribution >= 0.6 is 0 Å². The van der Waals surface area contributed by atoms with E-state index in [9.17, 15) is 0 Å². The highest BCUT2D eigenvalue weighted by Crippen LogP contribution is 2.07. The number of allylic oxidation sites excluding steroid dienone is 2. The molecule has 142 valence electrons. The van der Waals surface area contributed by atoms with E-state index in [1.807, 2.05) is 41.5 Å². The summed E-state index contributed by atoms with van der Waals surface area (Å²) in [5.74, 6) is 0.833. The topological polar surface area (TPSA) is 0 Å². The van der Waals surface area contributed by atoms with E-state index in [0.717, 1.165) is 5.92 Å². The lowest BCUT2D eigenvalue weighted by Gasteiger charge is -1.97. The normalized spacial score (nSPS) is 8.23. The van der Waals surface area contributed by atoms with Crippen molar-refractivity contribution < 1.29 is 0 Å². The Morgan fingerprint density at radius 3 is 1.00 bits per heavy atom. The predicted octanol–water partition coefficient (Wildman–Crippen LogP) is 9.69. The zero-order valence-electron chi connectivity index (χ0n) is 19.2. The van der Waals surface area contributed by atoms with Crippen LogP contribution in [-0.4, -0.2) is 0 Å². The van der Waals surface area contributed by atoms with Crippen LogP contribution in [0.15, 0.2) is 11.6 Å². The molecule has 0 unspecified atom stereocenters. The molecule has 0 aliphatic rings. The maximum absolute atomic E-state index is 2.23. The zero-order valence-corrected chi connectivity index (χ0v) is 19.2. The molecule has 0 N–H and O–H groups in total. The first-order valence-electron chi connectivity index (χ1n) is 10.1. The quantitative estimate of drug-likeness (QED) is 0.452. The van der Waals surface area contributed by atoms with Crippen LogP contribution in [0.2, 0.25) is 0 Å². The van der Waals surface area contributed by atoms with Gasteiger partial charge in [-0.2, -0.15) is 0 Å². The van der Waals surface area contributed by atoms with Gasteiger partial charge in [0.2, 0.25) is 0 Å². The van der Waals surface area contributed by atoms with Crippen LogP contribution in [0.4, 0.5) is 0 Å². The lowest BCUT2D eigenvalue weighted by Crippen LogP contribution is -1.76. The van der Waals surface area contributed by atoms with Crippen LogP contribution in [-0.2, 0) is 0 Å². The van der Waals surface area contributed by atoms with E-state index in [-0.39, 0.29) is 0 Å². The van der Waals surface area contributed by atoms with Crippen molar-refractivity contribution in [2.24, 2.45) is 5.92 Å². The standard InChI is InChI=1S/C8H16.2C4H10.3C2H6/c1-4-7-8(5-2)6-3;1-4(2)3;1-3-4-2;3*1-2/h5H,4,6-7H2,1-3H3;4H,1-3H3;3-4H2,1-2H3;3*1-2H3/b8-5-;;;;;. The molecule has 0 rings (SSSR count). The zero-order chi connectivity index (χ0) is 19.4. The largest absolute Gasteiger partial charge is 0.0885 e. The van der Waals surface area contributed by atoms with Gasteiger partial charge < -0.3 is 0 Å². The van der Waals surface area contributed by atoms with Gasteiger partial charge in [0.1, 0.15) is 0 Å². The molecule has 0 spiro atoms. The third-order valence-corrected chi connectivity index (χ3v) is 1.93. The Labute approximate surface area is 147 Å². The van der Waals surface area contributed by atoms with Crippen molar-refractivity contribution in [1.29, 1.82) is 0 Å². The fourth-order valence-electron chi connectivity index (χ4n) is 0.846. The average molecular weight is 319 g/mol. The summed E-state index contributed by atoms with van der Waals surface area (Å²) in [6.45, 7) is 29.4. The molecule has 0 aromatic carbocycles. The van der Waals surface area contributed by atoms with Crippen molar-refractivity contribution >= 4 is 0 Å². The first kappa shape index (κ1) is 37.7. The summed E-state index contributed by atoms with van der Waals surface area (Å²) in [5, 5.41) is 0. The predicted molar refractivity (Wildman–Crippen MR) is 114 cm³/mol. The van der Waals surface area contributed by atoms with Gasteiger partial charge in [-0.25, -0.2) is 0 Å². The van der Waals surface area contributed by atoms with Crippen molar-refractivity contribution in [1.82, 2.24) is 0 Å². The number of unbranched alkanes of at least 4 members (excludes halogenated alkanes) is 1. The summed E-state index contributed by atoms with van der Waals surface area (Å²) in [5.41, 5.74) is 1.59. The summed E-state index contributed by atoms with van der Waals surface area (Å²) in [6.07, 6.45) is 8.66. The van der Waals surface area contributed by atoms with Crippen LogP contribution < -0.4 is 0 Å². The molecule has 0 aromatic rings. The first-order valence-corrected chi connectivity index (χ1v) is 10.1. The van der Waals surface area contributed by atoms with E-state index in [1.165, 1.54) is 32.1 Å². The molecular weight excluding hydrogens is 264 g/mol. The van der Waals surface area contributed by atoms with Gasteiger partial charge in [-0.15, -0.1) is 0 Å². The van der Waals surface area contributed by atoms with Crippen LogP contribution in [0, 0.1) is 5.92 Å². The SMILES string of the molecule is C/C=C(/CC)CCC.CC.CC.CC.CC(C)C.CCCC. The molecule has 0 nitrogen and oxygen atoms in total. The Balaban J connectivity index is -0.0000000393. The monoisotopic (exact) mass is 318 g/mol. The van der Waals surface area contributed by atoms with Crippen molar-refractivity contribution in [3.05, 3.63) is 11.6 Å². The summed E-state index contributed by atoms with van der Waals surface area (Å²) in [6, 6.07) is 0. The van der Waals surface area contributed by atoms with Gasteiger partial charge in [0.25, 0.3) is 0 Å². The molecule has 0 atom stereocenters. The van der Waals surface area contributed by atoms with Gasteiger partial charge in [0, 0.05) is 0 Å². The Morgan fingerprint density at radius 2 is 0.955 bits per heavy atom. The summed E-state index contributed by atoms with van der Waals surface area (Å²) < 4.78 is 0. The maximum Gasteiger partial charge on any atom is -0.0323 e. The van der Waals surface area contributed by atoms with Crippen molar-refractivity contribution in [3.8, 4) is 0 Å². The van der Waals surface area contributed by atoms with Crippen molar-refractivity contribution in [2.45, 2.75) is 129 Å². The van der Waals surface area contributed by atoms with Gasteiger partial charge in [-0.3, -0.25) is 0 Å². The Hall–Kier alpha value is -0.260. The van der Waals surface area contributed by atoms with Crippen LogP contribution in [0.1, 0.15) is 129 Å². The van der Waals surface area contributed by atoms with E-state index in [1.54, 1.807) is 5.57 Å². The Morgan fingerprint density at radius 1 is 0.682 bits per heavy atom. The highest BCUT2D eigenvalue weighted by atomic mass is 13.9. The molecular formula is C22H54. The van der Waals surface area contributed by atoms with Crippen LogP contribution in [0.3, 0.4) is 0 Å². The highest BCUT2D eigenvalue weighted by Gasteiger charge is 1.86.